The molecule has 1 aliphatic heterocycles. The van der Waals surface area contributed by atoms with Crippen LogP contribution in [0, 0.1) is 0 Å². The van der Waals surface area contributed by atoms with Crippen LogP contribution in [0.5, 0.6) is 0 Å². The summed E-state index contributed by atoms with van der Waals surface area (Å²) in [5.41, 5.74) is 1.14. The Bertz CT molecular complexity index is 1260. The van der Waals surface area contributed by atoms with E-state index in [2.05, 4.69) is 54.0 Å². The number of anilines is 3. The van der Waals surface area contributed by atoms with Crippen molar-refractivity contribution in [2.45, 2.75) is 63.4 Å². The van der Waals surface area contributed by atoms with Crippen LogP contribution in [0.25, 0.3) is 0 Å². The third-order valence-electron chi connectivity index (χ3n) is 6.40. The smallest absolute Gasteiger partial charge is 0.240 e. The molecular formula is C25H37N9O2S. The van der Waals surface area contributed by atoms with Crippen molar-refractivity contribution >= 4 is 27.9 Å². The molecule has 1 saturated heterocycles. The van der Waals surface area contributed by atoms with Gasteiger partial charge < -0.3 is 20.1 Å². The average Bonchev–Trinajstić information content (AvgIpc) is 3.54. The highest BCUT2D eigenvalue weighted by Crippen LogP contribution is 2.24. The predicted octanol–water partition coefficient (Wildman–Crippen LogP) is 2.94. The molecule has 3 aromatic rings. The number of hydrogen-bond donors (Lipinski definition) is 3. The fourth-order valence-corrected chi connectivity index (χ4v) is 5.41. The number of nitrogens with one attached hydrogen (secondary N) is 3. The van der Waals surface area contributed by atoms with Crippen LogP contribution in [-0.4, -0.2) is 58.6 Å². The van der Waals surface area contributed by atoms with Gasteiger partial charge in [0, 0.05) is 45.1 Å². The first-order valence-electron chi connectivity index (χ1n) is 12.9. The maximum absolute atomic E-state index is 13.0. The van der Waals surface area contributed by atoms with Gasteiger partial charge in [-0.1, -0.05) is 32.4 Å². The van der Waals surface area contributed by atoms with Crippen molar-refractivity contribution in [1.29, 1.82) is 0 Å². The van der Waals surface area contributed by atoms with E-state index in [9.17, 15) is 8.42 Å². The van der Waals surface area contributed by atoms with E-state index >= 15 is 0 Å². The largest absolute Gasteiger partial charge is 0.354 e. The van der Waals surface area contributed by atoms with Crippen LogP contribution in [-0.2, 0) is 30.0 Å². The van der Waals surface area contributed by atoms with Crippen molar-refractivity contribution in [3.63, 3.8) is 0 Å². The third kappa shape index (κ3) is 6.95. The molecule has 1 unspecified atom stereocenters. The highest BCUT2D eigenvalue weighted by molar-refractivity contribution is 7.89. The van der Waals surface area contributed by atoms with Gasteiger partial charge in [-0.2, -0.15) is 15.0 Å². The minimum Gasteiger partial charge on any atom is -0.354 e. The number of aryl methyl sites for hydroxylation is 2. The Labute approximate surface area is 219 Å². The van der Waals surface area contributed by atoms with E-state index < -0.39 is 10.0 Å². The van der Waals surface area contributed by atoms with Crippen LogP contribution in [0.4, 0.5) is 17.8 Å². The van der Waals surface area contributed by atoms with E-state index in [1.807, 2.05) is 29.9 Å². The fourth-order valence-electron chi connectivity index (χ4n) is 4.34. The molecule has 1 aromatic carbocycles. The lowest BCUT2D eigenvalue weighted by molar-refractivity contribution is 0.565. The Kier molecular flexibility index (Phi) is 8.93. The highest BCUT2D eigenvalue weighted by Gasteiger charge is 2.29. The van der Waals surface area contributed by atoms with Crippen molar-refractivity contribution < 1.29 is 8.42 Å². The Morgan fingerprint density at radius 1 is 1.03 bits per heavy atom. The zero-order chi connectivity index (χ0) is 26.3. The van der Waals surface area contributed by atoms with Crippen LogP contribution in [0.15, 0.2) is 41.6 Å². The molecule has 1 fully saturated rings. The van der Waals surface area contributed by atoms with Gasteiger partial charge in [-0.05, 0) is 43.4 Å². The number of imidazole rings is 1. The molecule has 0 aliphatic carbocycles. The number of aromatic nitrogens is 5. The summed E-state index contributed by atoms with van der Waals surface area (Å²) in [6, 6.07) is 7.07. The zero-order valence-corrected chi connectivity index (χ0v) is 22.6. The monoisotopic (exact) mass is 527 g/mol. The average molecular weight is 528 g/mol. The summed E-state index contributed by atoms with van der Waals surface area (Å²) in [6.07, 6.45) is 8.30. The first-order valence-corrected chi connectivity index (χ1v) is 14.4. The van der Waals surface area contributed by atoms with Crippen molar-refractivity contribution in [3.8, 4) is 0 Å². The van der Waals surface area contributed by atoms with Crippen molar-refractivity contribution in [3.05, 3.63) is 48.0 Å². The number of benzene rings is 1. The second-order valence-corrected chi connectivity index (χ2v) is 11.0. The SMILES string of the molecule is CCCNc1nc(NCc2nccn2C)nc(N2CCCC2CNS(=O)(=O)c2ccc(CCC)cc2)n1. The van der Waals surface area contributed by atoms with Crippen molar-refractivity contribution in [2.24, 2.45) is 7.05 Å². The lowest BCUT2D eigenvalue weighted by Crippen LogP contribution is -2.41. The van der Waals surface area contributed by atoms with E-state index in [4.69, 9.17) is 0 Å². The Balaban J connectivity index is 1.47. The molecule has 0 bridgehead atoms. The van der Waals surface area contributed by atoms with E-state index in [1.54, 1.807) is 18.3 Å². The molecule has 1 atom stereocenters. The quantitative estimate of drug-likeness (QED) is 0.307. The zero-order valence-electron chi connectivity index (χ0n) is 21.8. The van der Waals surface area contributed by atoms with Gasteiger partial charge in [-0.15, -0.1) is 0 Å². The molecule has 0 amide bonds. The first kappa shape index (κ1) is 26.8. The highest BCUT2D eigenvalue weighted by atomic mass is 32.2. The Morgan fingerprint density at radius 3 is 2.46 bits per heavy atom. The number of nitrogens with zero attached hydrogens (tertiary/aromatic N) is 6. The fraction of sp³-hybridized carbons (Fsp3) is 0.520. The molecule has 0 spiro atoms. The number of hydrogen-bond acceptors (Lipinski definition) is 9. The third-order valence-corrected chi connectivity index (χ3v) is 7.84. The molecule has 11 nitrogen and oxygen atoms in total. The van der Waals surface area contributed by atoms with Gasteiger partial charge in [0.15, 0.2) is 0 Å². The van der Waals surface area contributed by atoms with Gasteiger partial charge in [-0.25, -0.2) is 18.1 Å². The van der Waals surface area contributed by atoms with E-state index in [0.717, 1.165) is 56.6 Å². The summed E-state index contributed by atoms with van der Waals surface area (Å²) >= 11 is 0. The summed E-state index contributed by atoms with van der Waals surface area (Å²) < 4.78 is 30.6. The van der Waals surface area contributed by atoms with Crippen LogP contribution < -0.4 is 20.3 Å². The topological polar surface area (TPSA) is 130 Å². The number of rotatable bonds is 13. The van der Waals surface area contributed by atoms with E-state index in [1.165, 1.54) is 0 Å². The second-order valence-electron chi connectivity index (χ2n) is 9.25. The lowest BCUT2D eigenvalue weighted by atomic mass is 10.1. The van der Waals surface area contributed by atoms with E-state index in [-0.39, 0.29) is 17.5 Å². The van der Waals surface area contributed by atoms with Crippen LogP contribution in [0.1, 0.15) is 50.9 Å². The molecule has 0 saturated carbocycles. The minimum atomic E-state index is -3.62. The Hall–Kier alpha value is -3.25. The van der Waals surface area contributed by atoms with Gasteiger partial charge in [0.1, 0.15) is 5.82 Å². The van der Waals surface area contributed by atoms with Crippen molar-refractivity contribution in [1.82, 2.24) is 29.2 Å². The second kappa shape index (κ2) is 12.3. The molecule has 4 rings (SSSR count). The van der Waals surface area contributed by atoms with E-state index in [0.29, 0.717) is 24.4 Å². The molecule has 3 heterocycles. The standard InChI is InChI=1S/C25H37N9O2S/c1-4-7-19-9-11-21(12-10-19)37(35,36)29-17-20-8-6-15-34(20)25-31-23(27-13-5-2)30-24(32-25)28-18-22-26-14-16-33(22)3/h9-12,14,16,20,29H,4-8,13,15,17-18H2,1-3H3,(H2,27,28,30,31,32). The summed E-state index contributed by atoms with van der Waals surface area (Å²) in [6.45, 7) is 6.42. The van der Waals surface area contributed by atoms with Gasteiger partial charge in [0.2, 0.25) is 27.9 Å². The lowest BCUT2D eigenvalue weighted by Gasteiger charge is -2.25. The number of sulfonamides is 1. The minimum absolute atomic E-state index is 0.0574. The normalized spacial score (nSPS) is 15.8. The molecular weight excluding hydrogens is 490 g/mol. The molecule has 200 valence electrons. The maximum atomic E-state index is 13.0. The Morgan fingerprint density at radius 2 is 1.78 bits per heavy atom. The van der Waals surface area contributed by atoms with Gasteiger partial charge in [0.05, 0.1) is 11.4 Å². The summed E-state index contributed by atoms with van der Waals surface area (Å²) in [5.74, 6) is 2.33. The van der Waals surface area contributed by atoms with Crippen LogP contribution >= 0.6 is 0 Å². The predicted molar refractivity (Wildman–Crippen MR) is 145 cm³/mol. The van der Waals surface area contributed by atoms with Gasteiger partial charge in [-0.3, -0.25) is 0 Å². The maximum Gasteiger partial charge on any atom is 0.240 e. The summed E-state index contributed by atoms with van der Waals surface area (Å²) in [7, 11) is -1.68. The van der Waals surface area contributed by atoms with Crippen LogP contribution in [0.3, 0.4) is 0 Å². The van der Waals surface area contributed by atoms with Crippen molar-refractivity contribution in [2.75, 3.05) is 35.2 Å². The molecule has 2 aromatic heterocycles. The molecule has 1 aliphatic rings. The summed E-state index contributed by atoms with van der Waals surface area (Å²) in [4.78, 5) is 20.5. The summed E-state index contributed by atoms with van der Waals surface area (Å²) in [5, 5.41) is 6.50. The molecule has 0 radical (unpaired) electrons. The van der Waals surface area contributed by atoms with Gasteiger partial charge in [0.25, 0.3) is 0 Å². The van der Waals surface area contributed by atoms with Crippen LogP contribution in [0.2, 0.25) is 0 Å². The van der Waals surface area contributed by atoms with Gasteiger partial charge >= 0.3 is 0 Å². The molecule has 12 heteroatoms. The first-order chi connectivity index (χ1) is 17.9. The molecule has 37 heavy (non-hydrogen) atoms. The molecule has 3 N–H and O–H groups in total.